The van der Waals surface area contributed by atoms with Crippen LogP contribution in [0.5, 0.6) is 0 Å². The molecule has 5 rings (SSSR count). The molecule has 3 aromatic rings. The molecule has 2 aliphatic heterocycles. The minimum atomic E-state index is -0.0874. The number of ether oxygens (including phenoxy) is 2. The van der Waals surface area contributed by atoms with Gasteiger partial charge in [-0.05, 0) is 55.7 Å². The highest BCUT2D eigenvalue weighted by Gasteiger charge is 2.41. The summed E-state index contributed by atoms with van der Waals surface area (Å²) in [6, 6.07) is 22.1. The highest BCUT2D eigenvalue weighted by atomic mass is 16.5. The molecule has 2 fully saturated rings. The van der Waals surface area contributed by atoms with Gasteiger partial charge >= 0.3 is 0 Å². The summed E-state index contributed by atoms with van der Waals surface area (Å²) in [6.45, 7) is 3.72. The predicted molar refractivity (Wildman–Crippen MR) is 129 cm³/mol. The van der Waals surface area contributed by atoms with Crippen molar-refractivity contribution in [1.82, 2.24) is 9.88 Å². The number of carbonyl (C=O) groups excluding carboxylic acids is 1. The number of piperidine rings is 1. The Morgan fingerprint density at radius 3 is 2.67 bits per heavy atom. The molecule has 5 nitrogen and oxygen atoms in total. The zero-order chi connectivity index (χ0) is 22.5. The van der Waals surface area contributed by atoms with Gasteiger partial charge in [-0.25, -0.2) is 4.98 Å². The number of nitrogens with zero attached hydrogens (tertiary/aromatic N) is 2. The van der Waals surface area contributed by atoms with Gasteiger partial charge in [0.15, 0.2) is 0 Å². The molecule has 2 aliphatic rings. The Balaban J connectivity index is 1.12. The normalized spacial score (nSPS) is 20.2. The standard InChI is InChI=1S/C28H32N2O3/c31-27(26-11-10-24-8-4-5-9-25(24)29-26)30-16-14-28(15-17-30)20-22(13-19-33-28)12-18-32-21-23-6-2-1-3-7-23/h1-11,22H,12-21H2. The third kappa shape index (κ3) is 5.26. The van der Waals surface area contributed by atoms with E-state index in [0.29, 0.717) is 18.2 Å². The van der Waals surface area contributed by atoms with E-state index in [2.05, 4.69) is 17.1 Å². The van der Waals surface area contributed by atoms with E-state index in [1.807, 2.05) is 59.5 Å². The van der Waals surface area contributed by atoms with Gasteiger partial charge in [0.1, 0.15) is 5.69 Å². The SMILES string of the molecule is O=C(c1ccc2ccccc2n1)N1CCC2(CC1)CC(CCOCc1ccccc1)CCO2. The van der Waals surface area contributed by atoms with Crippen LogP contribution >= 0.6 is 0 Å². The number of para-hydroxylation sites is 1. The van der Waals surface area contributed by atoms with Crippen molar-refractivity contribution < 1.29 is 14.3 Å². The largest absolute Gasteiger partial charge is 0.377 e. The summed E-state index contributed by atoms with van der Waals surface area (Å²) in [6.07, 6.45) is 5.03. The van der Waals surface area contributed by atoms with E-state index in [0.717, 1.165) is 69.3 Å². The van der Waals surface area contributed by atoms with Crippen LogP contribution in [0, 0.1) is 5.92 Å². The highest BCUT2D eigenvalue weighted by Crippen LogP contribution is 2.39. The van der Waals surface area contributed by atoms with Gasteiger partial charge in [0.05, 0.1) is 17.7 Å². The number of likely N-dealkylation sites (tertiary alicyclic amines) is 1. The molecule has 1 amide bonds. The molecule has 0 saturated carbocycles. The molecular weight excluding hydrogens is 412 g/mol. The quantitative estimate of drug-likeness (QED) is 0.488. The Morgan fingerprint density at radius 2 is 1.82 bits per heavy atom. The molecule has 1 atom stereocenters. The third-order valence-electron chi connectivity index (χ3n) is 7.16. The Labute approximate surface area is 195 Å². The van der Waals surface area contributed by atoms with Crippen LogP contribution in [0.15, 0.2) is 66.7 Å². The first kappa shape index (κ1) is 22.1. The number of aromatic nitrogens is 1. The van der Waals surface area contributed by atoms with E-state index in [1.54, 1.807) is 0 Å². The number of hydrogen-bond acceptors (Lipinski definition) is 4. The van der Waals surface area contributed by atoms with Crippen molar-refractivity contribution >= 4 is 16.8 Å². The molecule has 2 saturated heterocycles. The molecule has 0 radical (unpaired) electrons. The molecule has 1 spiro atoms. The molecule has 5 heteroatoms. The second kappa shape index (κ2) is 10.0. The number of carbonyl (C=O) groups is 1. The minimum absolute atomic E-state index is 0.0253. The summed E-state index contributed by atoms with van der Waals surface area (Å²) in [5.41, 5.74) is 2.53. The fourth-order valence-corrected chi connectivity index (χ4v) is 5.20. The molecule has 1 aromatic heterocycles. The smallest absolute Gasteiger partial charge is 0.272 e. The van der Waals surface area contributed by atoms with E-state index in [4.69, 9.17) is 9.47 Å². The number of amides is 1. The van der Waals surface area contributed by atoms with E-state index >= 15 is 0 Å². The number of fused-ring (bicyclic) bond motifs is 1. The van der Waals surface area contributed by atoms with Crippen molar-refractivity contribution in [3.05, 3.63) is 78.0 Å². The van der Waals surface area contributed by atoms with Crippen molar-refractivity contribution in [3.8, 4) is 0 Å². The van der Waals surface area contributed by atoms with Gasteiger partial charge < -0.3 is 14.4 Å². The molecule has 33 heavy (non-hydrogen) atoms. The van der Waals surface area contributed by atoms with Gasteiger partial charge in [0.2, 0.25) is 0 Å². The number of pyridine rings is 1. The molecule has 0 N–H and O–H groups in total. The zero-order valence-electron chi connectivity index (χ0n) is 19.1. The van der Waals surface area contributed by atoms with E-state index in [9.17, 15) is 4.79 Å². The number of hydrogen-bond donors (Lipinski definition) is 0. The average molecular weight is 445 g/mol. The van der Waals surface area contributed by atoms with E-state index in [1.165, 1.54) is 5.56 Å². The van der Waals surface area contributed by atoms with E-state index in [-0.39, 0.29) is 11.5 Å². The summed E-state index contributed by atoms with van der Waals surface area (Å²) in [7, 11) is 0. The summed E-state index contributed by atoms with van der Waals surface area (Å²) < 4.78 is 12.2. The maximum Gasteiger partial charge on any atom is 0.272 e. The lowest BCUT2D eigenvalue weighted by atomic mass is 9.78. The summed E-state index contributed by atoms with van der Waals surface area (Å²) >= 11 is 0. The van der Waals surface area contributed by atoms with Crippen molar-refractivity contribution in [2.24, 2.45) is 5.92 Å². The van der Waals surface area contributed by atoms with Crippen LogP contribution in [0.25, 0.3) is 10.9 Å². The summed E-state index contributed by atoms with van der Waals surface area (Å²) in [4.78, 5) is 19.6. The van der Waals surface area contributed by atoms with Crippen molar-refractivity contribution in [2.45, 2.75) is 44.3 Å². The molecular formula is C28H32N2O3. The van der Waals surface area contributed by atoms with Crippen LogP contribution < -0.4 is 0 Å². The predicted octanol–water partition coefficient (Wildman–Crippen LogP) is 5.24. The fourth-order valence-electron chi connectivity index (χ4n) is 5.20. The number of rotatable bonds is 6. The van der Waals surface area contributed by atoms with Crippen LogP contribution in [0.3, 0.4) is 0 Å². The van der Waals surface area contributed by atoms with Gasteiger partial charge in [-0.2, -0.15) is 0 Å². The molecule has 0 bridgehead atoms. The summed E-state index contributed by atoms with van der Waals surface area (Å²) in [5.74, 6) is 0.649. The first-order valence-electron chi connectivity index (χ1n) is 12.1. The Bertz CT molecular complexity index is 1080. The third-order valence-corrected chi connectivity index (χ3v) is 7.16. The highest BCUT2D eigenvalue weighted by molar-refractivity contribution is 5.95. The van der Waals surface area contributed by atoms with Crippen LogP contribution in [0.2, 0.25) is 0 Å². The molecule has 1 unspecified atom stereocenters. The molecule has 0 aliphatic carbocycles. The van der Waals surface area contributed by atoms with Crippen LogP contribution in [-0.4, -0.2) is 47.7 Å². The van der Waals surface area contributed by atoms with Gasteiger partial charge in [0.25, 0.3) is 5.91 Å². The zero-order valence-corrected chi connectivity index (χ0v) is 19.1. The molecule has 172 valence electrons. The monoisotopic (exact) mass is 444 g/mol. The van der Waals surface area contributed by atoms with E-state index < -0.39 is 0 Å². The van der Waals surface area contributed by atoms with Gasteiger partial charge in [-0.3, -0.25) is 4.79 Å². The van der Waals surface area contributed by atoms with Gasteiger partial charge in [0, 0.05) is 31.7 Å². The van der Waals surface area contributed by atoms with Crippen LogP contribution in [-0.2, 0) is 16.1 Å². The van der Waals surface area contributed by atoms with Crippen molar-refractivity contribution in [1.29, 1.82) is 0 Å². The molecule has 2 aromatic carbocycles. The van der Waals surface area contributed by atoms with Gasteiger partial charge in [-0.1, -0.05) is 54.6 Å². The Kier molecular flexibility index (Phi) is 6.70. The first-order chi connectivity index (χ1) is 16.2. The minimum Gasteiger partial charge on any atom is -0.377 e. The average Bonchev–Trinajstić information content (AvgIpc) is 2.87. The van der Waals surface area contributed by atoms with Crippen LogP contribution in [0.4, 0.5) is 0 Å². The van der Waals surface area contributed by atoms with Gasteiger partial charge in [-0.15, -0.1) is 0 Å². The fraction of sp³-hybridized carbons (Fsp3) is 0.429. The van der Waals surface area contributed by atoms with Crippen LogP contribution in [0.1, 0.15) is 48.2 Å². The Hall–Kier alpha value is -2.76. The second-order valence-corrected chi connectivity index (χ2v) is 9.40. The lowest BCUT2D eigenvalue weighted by molar-refractivity contribution is -0.126. The van der Waals surface area contributed by atoms with Crippen molar-refractivity contribution in [2.75, 3.05) is 26.3 Å². The first-order valence-corrected chi connectivity index (χ1v) is 12.1. The number of benzene rings is 2. The maximum atomic E-state index is 13.1. The van der Waals surface area contributed by atoms with Crippen molar-refractivity contribution in [3.63, 3.8) is 0 Å². The second-order valence-electron chi connectivity index (χ2n) is 9.40. The maximum absolute atomic E-state index is 13.1. The summed E-state index contributed by atoms with van der Waals surface area (Å²) in [5, 5.41) is 1.06. The lowest BCUT2D eigenvalue weighted by Gasteiger charge is -2.46. The lowest BCUT2D eigenvalue weighted by Crippen LogP contribution is -2.51. The topological polar surface area (TPSA) is 51.7 Å². The molecule has 3 heterocycles. The Morgan fingerprint density at radius 1 is 1.03 bits per heavy atom.